The molecule has 3 rings (SSSR count). The molecule has 0 fully saturated rings. The lowest BCUT2D eigenvalue weighted by atomic mass is 10.1. The Hall–Kier alpha value is -1.61. The summed E-state index contributed by atoms with van der Waals surface area (Å²) in [6.45, 7) is 4.24. The van der Waals surface area contributed by atoms with Crippen LogP contribution in [0.15, 0.2) is 30.5 Å². The first kappa shape index (κ1) is 9.60. The number of nitrogens with one attached hydrogen (secondary N) is 1. The van der Waals surface area contributed by atoms with E-state index in [1.165, 1.54) is 26.4 Å². The van der Waals surface area contributed by atoms with Gasteiger partial charge in [0.1, 0.15) is 5.65 Å². The Labute approximate surface area is 98.0 Å². The van der Waals surface area contributed by atoms with E-state index >= 15 is 0 Å². The van der Waals surface area contributed by atoms with Gasteiger partial charge in [-0.15, -0.1) is 11.3 Å². The molecule has 0 aromatic carbocycles. The van der Waals surface area contributed by atoms with Gasteiger partial charge in [0.25, 0.3) is 0 Å². The Balaban J connectivity index is 2.34. The van der Waals surface area contributed by atoms with E-state index in [1.807, 2.05) is 23.6 Å². The molecule has 0 saturated carbocycles. The molecule has 0 amide bonds. The molecule has 0 atom stereocenters. The average Bonchev–Trinajstić information content (AvgIpc) is 2.80. The van der Waals surface area contributed by atoms with Crippen LogP contribution < -0.4 is 0 Å². The summed E-state index contributed by atoms with van der Waals surface area (Å²) in [4.78, 5) is 10.3. The lowest BCUT2D eigenvalue weighted by Crippen LogP contribution is -1.73. The van der Waals surface area contributed by atoms with Crippen LogP contribution in [-0.2, 0) is 0 Å². The summed E-state index contributed by atoms with van der Waals surface area (Å²) in [6.07, 6.45) is 1.82. The third kappa shape index (κ3) is 1.36. The van der Waals surface area contributed by atoms with Gasteiger partial charge in [0.15, 0.2) is 0 Å². The maximum absolute atomic E-state index is 4.34. The minimum Gasteiger partial charge on any atom is -0.343 e. The van der Waals surface area contributed by atoms with Gasteiger partial charge in [0.05, 0.1) is 0 Å². The molecule has 0 aliphatic heterocycles. The van der Waals surface area contributed by atoms with Crippen LogP contribution in [0.1, 0.15) is 10.6 Å². The molecule has 1 N–H and O–H groups in total. The molecule has 0 saturated heterocycles. The zero-order valence-corrected chi connectivity index (χ0v) is 10.1. The molecule has 3 aromatic rings. The minimum atomic E-state index is 0.973. The molecule has 0 unspecified atom stereocenters. The zero-order chi connectivity index (χ0) is 11.1. The van der Waals surface area contributed by atoms with Crippen LogP contribution in [0.4, 0.5) is 0 Å². The standard InChI is InChI=1S/C13H12N2S/c1-8-5-6-11(16-8)12-9(2)15-13-10(12)4-3-7-14-13/h3-7H,1-2H3,(H,14,15). The third-order valence-corrected chi connectivity index (χ3v) is 3.76. The van der Waals surface area contributed by atoms with Crippen LogP contribution in [-0.4, -0.2) is 9.97 Å². The number of aromatic amines is 1. The molecule has 80 valence electrons. The van der Waals surface area contributed by atoms with Gasteiger partial charge in [0, 0.05) is 32.6 Å². The topological polar surface area (TPSA) is 28.7 Å². The highest BCUT2D eigenvalue weighted by Gasteiger charge is 2.11. The van der Waals surface area contributed by atoms with E-state index in [4.69, 9.17) is 0 Å². The molecule has 0 aliphatic rings. The van der Waals surface area contributed by atoms with Crippen molar-refractivity contribution in [3.05, 3.63) is 41.0 Å². The number of fused-ring (bicyclic) bond motifs is 1. The van der Waals surface area contributed by atoms with Gasteiger partial charge in [-0.1, -0.05) is 0 Å². The highest BCUT2D eigenvalue weighted by atomic mass is 32.1. The van der Waals surface area contributed by atoms with E-state index in [0.717, 1.165) is 5.65 Å². The number of rotatable bonds is 1. The Kier molecular flexibility index (Phi) is 2.07. The molecule has 3 heterocycles. The van der Waals surface area contributed by atoms with E-state index in [0.29, 0.717) is 0 Å². The summed E-state index contributed by atoms with van der Waals surface area (Å²) in [6, 6.07) is 8.45. The smallest absolute Gasteiger partial charge is 0.138 e. The van der Waals surface area contributed by atoms with Crippen LogP contribution >= 0.6 is 11.3 Å². The Morgan fingerprint density at radius 1 is 1.19 bits per heavy atom. The van der Waals surface area contributed by atoms with Gasteiger partial charge in [-0.05, 0) is 38.1 Å². The average molecular weight is 228 g/mol. The summed E-state index contributed by atoms with van der Waals surface area (Å²) in [5, 5.41) is 1.21. The van der Waals surface area contributed by atoms with Gasteiger partial charge in [-0.25, -0.2) is 4.98 Å². The highest BCUT2D eigenvalue weighted by Crippen LogP contribution is 2.35. The van der Waals surface area contributed by atoms with Crippen molar-refractivity contribution in [3.8, 4) is 10.4 Å². The minimum absolute atomic E-state index is 0.973. The summed E-state index contributed by atoms with van der Waals surface area (Å²) < 4.78 is 0. The van der Waals surface area contributed by atoms with E-state index in [9.17, 15) is 0 Å². The van der Waals surface area contributed by atoms with E-state index in [2.05, 4.69) is 42.0 Å². The number of hydrogen-bond acceptors (Lipinski definition) is 2. The number of nitrogens with zero attached hydrogens (tertiary/aromatic N) is 1. The third-order valence-electron chi connectivity index (χ3n) is 2.74. The fraction of sp³-hybridized carbons (Fsp3) is 0.154. The molecule has 0 spiro atoms. The second-order valence-electron chi connectivity index (χ2n) is 3.93. The van der Waals surface area contributed by atoms with Gasteiger partial charge in [-0.3, -0.25) is 0 Å². The molecule has 3 heteroatoms. The summed E-state index contributed by atoms with van der Waals surface area (Å²) in [5.41, 5.74) is 3.46. The van der Waals surface area contributed by atoms with Crippen molar-refractivity contribution in [3.63, 3.8) is 0 Å². The number of pyridine rings is 1. The van der Waals surface area contributed by atoms with Crippen molar-refractivity contribution in [2.75, 3.05) is 0 Å². The summed E-state index contributed by atoms with van der Waals surface area (Å²) in [5.74, 6) is 0. The van der Waals surface area contributed by atoms with Crippen LogP contribution in [0.5, 0.6) is 0 Å². The lowest BCUT2D eigenvalue weighted by Gasteiger charge is -1.96. The van der Waals surface area contributed by atoms with Crippen LogP contribution in [0.25, 0.3) is 21.5 Å². The van der Waals surface area contributed by atoms with Crippen molar-refractivity contribution in [1.29, 1.82) is 0 Å². The predicted octanol–water partition coefficient (Wildman–Crippen LogP) is 3.91. The maximum Gasteiger partial charge on any atom is 0.138 e. The Morgan fingerprint density at radius 2 is 2.06 bits per heavy atom. The molecule has 16 heavy (non-hydrogen) atoms. The Bertz CT molecular complexity index is 649. The normalized spacial score (nSPS) is 11.1. The highest BCUT2D eigenvalue weighted by molar-refractivity contribution is 7.15. The van der Waals surface area contributed by atoms with E-state index in [1.54, 1.807) is 0 Å². The first-order valence-electron chi connectivity index (χ1n) is 5.26. The van der Waals surface area contributed by atoms with Crippen molar-refractivity contribution in [1.82, 2.24) is 9.97 Å². The maximum atomic E-state index is 4.34. The number of H-pyrrole nitrogens is 1. The zero-order valence-electron chi connectivity index (χ0n) is 9.24. The largest absolute Gasteiger partial charge is 0.343 e. The Morgan fingerprint density at radius 3 is 2.81 bits per heavy atom. The monoisotopic (exact) mass is 228 g/mol. The van der Waals surface area contributed by atoms with E-state index < -0.39 is 0 Å². The molecular weight excluding hydrogens is 216 g/mol. The number of thiophene rings is 1. The molecule has 0 radical (unpaired) electrons. The second-order valence-corrected chi connectivity index (χ2v) is 5.22. The van der Waals surface area contributed by atoms with Crippen molar-refractivity contribution >= 4 is 22.4 Å². The molecule has 0 aliphatic carbocycles. The molecule has 0 bridgehead atoms. The fourth-order valence-corrected chi connectivity index (χ4v) is 3.02. The van der Waals surface area contributed by atoms with Gasteiger partial charge < -0.3 is 4.98 Å². The van der Waals surface area contributed by atoms with Crippen molar-refractivity contribution in [2.24, 2.45) is 0 Å². The van der Waals surface area contributed by atoms with Crippen LogP contribution in [0.3, 0.4) is 0 Å². The predicted molar refractivity (Wildman–Crippen MR) is 68.9 cm³/mol. The van der Waals surface area contributed by atoms with Gasteiger partial charge >= 0.3 is 0 Å². The molecule has 2 nitrogen and oxygen atoms in total. The number of aryl methyl sites for hydroxylation is 2. The first-order valence-corrected chi connectivity index (χ1v) is 6.07. The van der Waals surface area contributed by atoms with E-state index in [-0.39, 0.29) is 0 Å². The van der Waals surface area contributed by atoms with Gasteiger partial charge in [0.2, 0.25) is 0 Å². The second kappa shape index (κ2) is 3.46. The van der Waals surface area contributed by atoms with Gasteiger partial charge in [-0.2, -0.15) is 0 Å². The first-order chi connectivity index (χ1) is 7.75. The number of hydrogen-bond donors (Lipinski definition) is 1. The molecular formula is C13H12N2S. The quantitative estimate of drug-likeness (QED) is 0.672. The van der Waals surface area contributed by atoms with Crippen molar-refractivity contribution in [2.45, 2.75) is 13.8 Å². The molecule has 3 aromatic heterocycles. The SMILES string of the molecule is Cc1ccc(-c2c(C)[nH]c3ncccc23)s1. The van der Waals surface area contributed by atoms with Crippen LogP contribution in [0.2, 0.25) is 0 Å². The summed E-state index contributed by atoms with van der Waals surface area (Å²) >= 11 is 1.83. The number of aromatic nitrogens is 2. The summed E-state index contributed by atoms with van der Waals surface area (Å²) in [7, 11) is 0. The van der Waals surface area contributed by atoms with Crippen LogP contribution in [0, 0.1) is 13.8 Å². The van der Waals surface area contributed by atoms with Crippen molar-refractivity contribution < 1.29 is 0 Å². The lowest BCUT2D eigenvalue weighted by molar-refractivity contribution is 1.25. The fourth-order valence-electron chi connectivity index (χ4n) is 2.04.